The van der Waals surface area contributed by atoms with Crippen molar-refractivity contribution in [3.8, 4) is 0 Å². The highest BCUT2D eigenvalue weighted by atomic mass is 16.7. The maximum atomic E-state index is 12.6. The maximum Gasteiger partial charge on any atom is 0.341 e. The van der Waals surface area contributed by atoms with Crippen LogP contribution in [0, 0.1) is 0 Å². The minimum atomic E-state index is -1.49. The summed E-state index contributed by atoms with van der Waals surface area (Å²) in [5.74, 6) is 0.528. The number of nitrogens with two attached hydrogens (primary N) is 4. The number of hydrogen-bond acceptors (Lipinski definition) is 16. The Balaban J connectivity index is 1.76. The molecule has 2 amide bonds. The van der Waals surface area contributed by atoms with Gasteiger partial charge in [0, 0.05) is 25.2 Å². The number of carbonyl (C=O) groups is 1. The Hall–Kier alpha value is -1.75. The molecule has 1 saturated heterocycles. The Bertz CT molecular complexity index is 919. The van der Waals surface area contributed by atoms with Crippen molar-refractivity contribution in [2.24, 2.45) is 22.9 Å². The summed E-state index contributed by atoms with van der Waals surface area (Å²) < 4.78 is 23.7. The van der Waals surface area contributed by atoms with Crippen LogP contribution in [-0.2, 0) is 18.9 Å². The molecule has 1 aliphatic carbocycles. The molecule has 3 aliphatic rings. The molecule has 18 nitrogen and oxygen atoms in total. The third kappa shape index (κ3) is 9.14. The van der Waals surface area contributed by atoms with E-state index in [0.29, 0.717) is 30.3 Å². The van der Waals surface area contributed by atoms with Crippen LogP contribution in [0.25, 0.3) is 0 Å². The van der Waals surface area contributed by atoms with Gasteiger partial charge in [0.2, 0.25) is 6.29 Å². The van der Waals surface area contributed by atoms with Crippen LogP contribution in [0.3, 0.4) is 0 Å². The molecular formula is C25H50N8O10. The number of carbonyl (C=O) groups excluding carboxylic acids is 1. The van der Waals surface area contributed by atoms with Gasteiger partial charge in [-0.1, -0.05) is 0 Å². The molecule has 3 rings (SSSR count). The van der Waals surface area contributed by atoms with Gasteiger partial charge in [-0.15, -0.1) is 0 Å². The molecular weight excluding hydrogens is 572 g/mol. The Labute approximate surface area is 250 Å². The normalized spacial score (nSPS) is 39.0. The Kier molecular flexibility index (Phi) is 13.3. The molecule has 0 radical (unpaired) electrons. The molecule has 2 aliphatic heterocycles. The summed E-state index contributed by atoms with van der Waals surface area (Å²) in [7, 11) is 1.56. The lowest BCUT2D eigenvalue weighted by Crippen LogP contribution is -2.69. The van der Waals surface area contributed by atoms with Gasteiger partial charge < -0.3 is 78.3 Å². The van der Waals surface area contributed by atoms with E-state index >= 15 is 0 Å². The Morgan fingerprint density at radius 1 is 1.21 bits per heavy atom. The Morgan fingerprint density at radius 3 is 2.56 bits per heavy atom. The third-order valence-electron chi connectivity index (χ3n) is 7.80. The second-order valence-electron chi connectivity index (χ2n) is 11.5. The molecule has 0 aromatic rings. The van der Waals surface area contributed by atoms with Crippen LogP contribution in [0.4, 0.5) is 4.79 Å². The largest absolute Gasteiger partial charge is 0.467 e. The van der Waals surface area contributed by atoms with E-state index in [-0.39, 0.29) is 32.7 Å². The van der Waals surface area contributed by atoms with E-state index in [0.717, 1.165) is 0 Å². The molecule has 0 spiro atoms. The molecule has 18 heteroatoms. The van der Waals surface area contributed by atoms with E-state index in [1.807, 2.05) is 0 Å². The zero-order valence-electron chi connectivity index (χ0n) is 24.6. The standard InChI is InChI=1S/C25H50N8O10/c1-25(38)11-40-23(18(36)21(25)30-2)43-20-16(32-24(37)33(39)6-5-26)7-15(29)19(17(20)35)42-22-14(28)4-3-13(41-22)9-31-8-12(27)10-34/h3,12,14-23,30-31,34-36,38-39H,4-11,26-29H2,1-2H3,(H,32,37)/t12?,14-,15+,16-,17+,18-,19?,20+,21-,22-,23-,25+/m1/s1. The van der Waals surface area contributed by atoms with Gasteiger partial charge in [-0.05, 0) is 32.9 Å². The summed E-state index contributed by atoms with van der Waals surface area (Å²) in [5, 5.41) is 61.1. The second kappa shape index (κ2) is 16.0. The highest BCUT2D eigenvalue weighted by Gasteiger charge is 2.52. The number of rotatable bonds is 13. The number of likely N-dealkylation sites (N-methyl/N-ethyl adjacent to an activating group) is 1. The number of hydroxylamine groups is 2. The Morgan fingerprint density at radius 2 is 1.91 bits per heavy atom. The van der Waals surface area contributed by atoms with Crippen LogP contribution in [0.2, 0.25) is 0 Å². The monoisotopic (exact) mass is 622 g/mol. The van der Waals surface area contributed by atoms with Crippen molar-refractivity contribution in [3.05, 3.63) is 11.8 Å². The quantitative estimate of drug-likeness (QED) is 0.0673. The molecule has 12 atom stereocenters. The van der Waals surface area contributed by atoms with Gasteiger partial charge in [-0.2, -0.15) is 0 Å². The fourth-order valence-corrected chi connectivity index (χ4v) is 5.42. The van der Waals surface area contributed by atoms with Gasteiger partial charge in [-0.25, -0.2) is 9.86 Å². The van der Waals surface area contributed by atoms with E-state index in [1.54, 1.807) is 13.1 Å². The number of amides is 2. The van der Waals surface area contributed by atoms with Gasteiger partial charge >= 0.3 is 6.03 Å². The van der Waals surface area contributed by atoms with Crippen molar-refractivity contribution < 1.29 is 49.4 Å². The number of urea groups is 1. The first-order valence-electron chi connectivity index (χ1n) is 14.4. The van der Waals surface area contributed by atoms with Crippen molar-refractivity contribution in [2.75, 3.05) is 46.4 Å². The first-order chi connectivity index (χ1) is 20.3. The molecule has 0 aromatic carbocycles. The van der Waals surface area contributed by atoms with Crippen LogP contribution in [0.5, 0.6) is 0 Å². The lowest BCUT2D eigenvalue weighted by atomic mass is 9.83. The summed E-state index contributed by atoms with van der Waals surface area (Å²) in [6, 6.07) is -4.59. The summed E-state index contributed by atoms with van der Waals surface area (Å²) >= 11 is 0. The van der Waals surface area contributed by atoms with Gasteiger partial charge in [0.05, 0.1) is 44.4 Å². The number of nitrogens with zero attached hydrogens (tertiary/aromatic N) is 1. The summed E-state index contributed by atoms with van der Waals surface area (Å²) in [5.41, 5.74) is 22.4. The average molecular weight is 623 g/mol. The predicted octanol–water partition coefficient (Wildman–Crippen LogP) is -5.50. The molecule has 2 heterocycles. The summed E-state index contributed by atoms with van der Waals surface area (Å²) in [4.78, 5) is 12.6. The average Bonchev–Trinajstić information content (AvgIpc) is 2.95. The van der Waals surface area contributed by atoms with Crippen molar-refractivity contribution in [3.63, 3.8) is 0 Å². The molecule has 43 heavy (non-hydrogen) atoms. The zero-order valence-corrected chi connectivity index (χ0v) is 24.6. The van der Waals surface area contributed by atoms with Crippen molar-refractivity contribution in [1.82, 2.24) is 21.0 Å². The molecule has 0 aromatic heterocycles. The summed E-state index contributed by atoms with van der Waals surface area (Å²) in [6.45, 7) is 1.62. The molecule has 250 valence electrons. The number of aliphatic hydroxyl groups is 4. The van der Waals surface area contributed by atoms with E-state index in [1.165, 1.54) is 6.92 Å². The molecule has 1 saturated carbocycles. The molecule has 0 bridgehead atoms. The minimum Gasteiger partial charge on any atom is -0.467 e. The van der Waals surface area contributed by atoms with E-state index in [9.17, 15) is 25.3 Å². The molecule has 2 fully saturated rings. The SMILES string of the molecule is CN[C@@H]1[C@@H](O)[C@@H](O[C@H]2[C@H](NC(=O)N(O)CCN)C[C@H](N)C(O[C@H]3OC(CNCC(N)CO)=CC[C@H]3N)[C@@H]2O)OC[C@]1(C)O. The number of aliphatic hydroxyl groups excluding tert-OH is 3. The topological polar surface area (TPSA) is 299 Å². The third-order valence-corrected chi connectivity index (χ3v) is 7.80. The lowest BCUT2D eigenvalue weighted by Gasteiger charge is -2.48. The molecule has 2 unspecified atom stereocenters. The maximum absolute atomic E-state index is 12.6. The fraction of sp³-hybridized carbons (Fsp3) is 0.880. The number of nitrogens with one attached hydrogen (secondary N) is 3. The van der Waals surface area contributed by atoms with E-state index < -0.39 is 78.8 Å². The van der Waals surface area contributed by atoms with Gasteiger partial charge in [0.1, 0.15) is 35.8 Å². The van der Waals surface area contributed by atoms with Gasteiger partial charge in [0.15, 0.2) is 6.29 Å². The summed E-state index contributed by atoms with van der Waals surface area (Å²) in [6.07, 6.45) is -5.29. The van der Waals surface area contributed by atoms with Crippen molar-refractivity contribution in [2.45, 2.75) is 92.6 Å². The minimum absolute atomic E-state index is 0.00183. The second-order valence-corrected chi connectivity index (χ2v) is 11.5. The number of hydrogen-bond donors (Lipinski definition) is 12. The van der Waals surface area contributed by atoms with E-state index in [2.05, 4.69) is 16.0 Å². The van der Waals surface area contributed by atoms with Gasteiger partial charge in [0.25, 0.3) is 0 Å². The first kappa shape index (κ1) is 35.7. The van der Waals surface area contributed by atoms with E-state index in [4.69, 9.17) is 47.0 Å². The van der Waals surface area contributed by atoms with Crippen LogP contribution in [0.15, 0.2) is 11.8 Å². The van der Waals surface area contributed by atoms with Crippen LogP contribution in [-0.4, -0.2) is 156 Å². The lowest BCUT2D eigenvalue weighted by molar-refractivity contribution is -0.304. The molecule has 16 N–H and O–H groups in total. The highest BCUT2D eigenvalue weighted by molar-refractivity contribution is 5.73. The van der Waals surface area contributed by atoms with Crippen molar-refractivity contribution in [1.29, 1.82) is 0 Å². The fourth-order valence-electron chi connectivity index (χ4n) is 5.42. The van der Waals surface area contributed by atoms with Crippen LogP contribution in [0.1, 0.15) is 19.8 Å². The highest BCUT2D eigenvalue weighted by Crippen LogP contribution is 2.32. The van der Waals surface area contributed by atoms with Crippen LogP contribution >= 0.6 is 0 Å². The van der Waals surface area contributed by atoms with Gasteiger partial charge in [-0.3, -0.25) is 5.21 Å². The number of ether oxygens (including phenoxy) is 4. The van der Waals surface area contributed by atoms with Crippen LogP contribution < -0.4 is 38.9 Å². The first-order valence-corrected chi connectivity index (χ1v) is 14.4. The zero-order chi connectivity index (χ0) is 31.9. The predicted molar refractivity (Wildman–Crippen MR) is 151 cm³/mol. The smallest absolute Gasteiger partial charge is 0.341 e. The van der Waals surface area contributed by atoms with Crippen molar-refractivity contribution >= 4 is 6.03 Å².